The van der Waals surface area contributed by atoms with E-state index in [1.165, 1.54) is 6.42 Å². The van der Waals surface area contributed by atoms with Crippen molar-refractivity contribution in [3.05, 3.63) is 35.9 Å². The van der Waals surface area contributed by atoms with E-state index >= 15 is 0 Å². The maximum absolute atomic E-state index is 11.5. The monoisotopic (exact) mass is 286 g/mol. The van der Waals surface area contributed by atoms with Crippen molar-refractivity contribution in [2.75, 3.05) is 6.61 Å². The summed E-state index contributed by atoms with van der Waals surface area (Å²) >= 11 is 0. The molecule has 0 aliphatic carbocycles. The predicted molar refractivity (Wildman–Crippen MR) is 84.3 cm³/mol. The molecule has 0 bridgehead atoms. The van der Waals surface area contributed by atoms with E-state index in [2.05, 4.69) is 18.8 Å². The molecule has 1 aromatic rings. The van der Waals surface area contributed by atoms with Crippen LogP contribution in [0.25, 0.3) is 0 Å². The van der Waals surface area contributed by atoms with E-state index in [4.69, 9.17) is 4.74 Å². The lowest BCUT2D eigenvalue weighted by molar-refractivity contribution is -0.152. The van der Waals surface area contributed by atoms with Crippen molar-refractivity contribution in [3.63, 3.8) is 0 Å². The Morgan fingerprint density at radius 3 is 2.00 bits per heavy atom. The predicted octanol–water partition coefficient (Wildman–Crippen LogP) is 5.72. The first-order valence-electron chi connectivity index (χ1n) is 7.47. The molecule has 0 saturated carbocycles. The highest BCUT2D eigenvalue weighted by molar-refractivity contribution is 5.13. The standard InChI is InChI=1S/C12H17FO2.C3H8.C2H6/c1-12(2,8-9-15-13)14-10-11-6-4-3-5-7-11;1-3-2;1-2/h3-7H,8-10H2,1-2H3;3H2,1-2H3;1-2H3. The van der Waals surface area contributed by atoms with E-state index in [9.17, 15) is 4.53 Å². The fourth-order valence-corrected chi connectivity index (χ4v) is 1.21. The first kappa shape index (κ1) is 21.4. The normalized spacial score (nSPS) is 9.95. The number of hydrogen-bond acceptors (Lipinski definition) is 2. The molecule has 20 heavy (non-hydrogen) atoms. The van der Waals surface area contributed by atoms with Crippen LogP contribution in [0.4, 0.5) is 4.53 Å². The lowest BCUT2D eigenvalue weighted by Crippen LogP contribution is -2.25. The van der Waals surface area contributed by atoms with Crippen molar-refractivity contribution < 1.29 is 14.2 Å². The smallest absolute Gasteiger partial charge is 0.0903 e. The number of benzene rings is 1. The van der Waals surface area contributed by atoms with Crippen LogP contribution in [0.2, 0.25) is 0 Å². The summed E-state index contributed by atoms with van der Waals surface area (Å²) in [4.78, 5) is 3.55. The molecular weight excluding hydrogens is 255 g/mol. The second-order valence-corrected chi connectivity index (χ2v) is 4.80. The van der Waals surface area contributed by atoms with Crippen molar-refractivity contribution in [1.29, 1.82) is 0 Å². The number of rotatable bonds is 6. The molecule has 0 N–H and O–H groups in total. The summed E-state index contributed by atoms with van der Waals surface area (Å²) in [6.45, 7) is 12.7. The summed E-state index contributed by atoms with van der Waals surface area (Å²) in [5.74, 6) is 0. The average Bonchev–Trinajstić information content (AvgIpc) is 2.47. The summed E-state index contributed by atoms with van der Waals surface area (Å²) in [6, 6.07) is 9.90. The molecule has 0 saturated heterocycles. The van der Waals surface area contributed by atoms with Gasteiger partial charge >= 0.3 is 0 Å². The quantitative estimate of drug-likeness (QED) is 0.666. The molecule has 3 heteroatoms. The Balaban J connectivity index is 0. The molecule has 0 aromatic heterocycles. The van der Waals surface area contributed by atoms with Crippen molar-refractivity contribution in [2.45, 2.75) is 66.6 Å². The molecule has 1 rings (SSSR count). The fourth-order valence-electron chi connectivity index (χ4n) is 1.21. The molecule has 0 unspecified atom stereocenters. The van der Waals surface area contributed by atoms with Gasteiger partial charge in [-0.3, -0.25) is 0 Å². The third-order valence-corrected chi connectivity index (χ3v) is 2.25. The molecule has 0 atom stereocenters. The maximum atomic E-state index is 11.5. The lowest BCUT2D eigenvalue weighted by atomic mass is 10.1. The molecule has 1 aromatic carbocycles. The number of hydrogen-bond donors (Lipinski definition) is 0. The zero-order chi connectivity index (χ0) is 15.9. The van der Waals surface area contributed by atoms with Gasteiger partial charge in [0.15, 0.2) is 0 Å². The Kier molecular flexibility index (Phi) is 15.5. The molecule has 0 fully saturated rings. The van der Waals surface area contributed by atoms with Crippen LogP contribution in [0.5, 0.6) is 0 Å². The summed E-state index contributed by atoms with van der Waals surface area (Å²) in [5, 5.41) is 0. The molecule has 0 amide bonds. The Morgan fingerprint density at radius 2 is 1.55 bits per heavy atom. The van der Waals surface area contributed by atoms with E-state index in [-0.39, 0.29) is 12.2 Å². The molecule has 118 valence electrons. The van der Waals surface area contributed by atoms with Crippen molar-refractivity contribution in [3.8, 4) is 0 Å². The Morgan fingerprint density at radius 1 is 1.05 bits per heavy atom. The summed E-state index contributed by atoms with van der Waals surface area (Å²) in [7, 11) is 0. The third-order valence-electron chi connectivity index (χ3n) is 2.25. The lowest BCUT2D eigenvalue weighted by Gasteiger charge is -2.24. The van der Waals surface area contributed by atoms with Gasteiger partial charge in [-0.25, -0.2) is 0 Å². The molecule has 0 aliphatic rings. The first-order chi connectivity index (χ1) is 9.55. The van der Waals surface area contributed by atoms with Crippen LogP contribution in [-0.4, -0.2) is 12.2 Å². The third kappa shape index (κ3) is 13.5. The zero-order valence-corrected chi connectivity index (χ0v) is 13.9. The van der Waals surface area contributed by atoms with Gasteiger partial charge in [-0.2, -0.15) is 4.94 Å². The minimum atomic E-state index is -0.359. The van der Waals surface area contributed by atoms with Gasteiger partial charge in [0.2, 0.25) is 0 Å². The maximum Gasteiger partial charge on any atom is 0.0903 e. The van der Waals surface area contributed by atoms with Gasteiger partial charge in [-0.15, -0.1) is 0 Å². The van der Waals surface area contributed by atoms with Crippen LogP contribution in [0, 0.1) is 0 Å². The first-order valence-corrected chi connectivity index (χ1v) is 7.47. The summed E-state index contributed by atoms with van der Waals surface area (Å²) in [5.41, 5.74) is 0.758. The van der Waals surface area contributed by atoms with Crippen LogP contribution in [0.3, 0.4) is 0 Å². The largest absolute Gasteiger partial charge is 0.371 e. The van der Waals surface area contributed by atoms with Crippen LogP contribution in [-0.2, 0) is 16.3 Å². The number of ether oxygens (including phenoxy) is 1. The van der Waals surface area contributed by atoms with Crippen molar-refractivity contribution in [2.24, 2.45) is 0 Å². The highest BCUT2D eigenvalue weighted by Crippen LogP contribution is 2.17. The molecule has 0 aliphatic heterocycles. The highest BCUT2D eigenvalue weighted by Gasteiger charge is 2.18. The zero-order valence-electron chi connectivity index (χ0n) is 13.9. The van der Waals surface area contributed by atoms with Gasteiger partial charge in [0.1, 0.15) is 0 Å². The van der Waals surface area contributed by atoms with E-state index < -0.39 is 0 Å². The van der Waals surface area contributed by atoms with Crippen LogP contribution >= 0.6 is 0 Å². The fraction of sp³-hybridized carbons (Fsp3) is 0.647. The number of halogens is 1. The average molecular weight is 286 g/mol. The van der Waals surface area contributed by atoms with E-state index in [1.807, 2.05) is 58.0 Å². The van der Waals surface area contributed by atoms with Crippen molar-refractivity contribution >= 4 is 0 Å². The Hall–Kier alpha value is -0.930. The van der Waals surface area contributed by atoms with Gasteiger partial charge < -0.3 is 4.74 Å². The molecule has 0 heterocycles. The molecule has 0 radical (unpaired) electrons. The summed E-state index contributed by atoms with van der Waals surface area (Å²) < 4.78 is 17.2. The van der Waals surface area contributed by atoms with E-state index in [1.54, 1.807) is 0 Å². The minimum absolute atomic E-state index is 0.0712. The molecule has 2 nitrogen and oxygen atoms in total. The second kappa shape index (κ2) is 14.5. The highest BCUT2D eigenvalue weighted by atomic mass is 19.3. The molecule has 0 spiro atoms. The van der Waals surface area contributed by atoms with Crippen LogP contribution in [0.1, 0.15) is 59.9 Å². The van der Waals surface area contributed by atoms with E-state index in [0.29, 0.717) is 13.0 Å². The van der Waals surface area contributed by atoms with Crippen molar-refractivity contribution in [1.82, 2.24) is 0 Å². The topological polar surface area (TPSA) is 18.5 Å². The summed E-state index contributed by atoms with van der Waals surface area (Å²) in [6.07, 6.45) is 1.79. The van der Waals surface area contributed by atoms with Gasteiger partial charge in [-0.1, -0.05) is 64.4 Å². The van der Waals surface area contributed by atoms with Crippen LogP contribution < -0.4 is 0 Å². The Labute approximate surface area is 124 Å². The van der Waals surface area contributed by atoms with Gasteiger partial charge in [0.05, 0.1) is 18.8 Å². The van der Waals surface area contributed by atoms with E-state index in [0.717, 1.165) is 5.56 Å². The van der Waals surface area contributed by atoms with Gasteiger partial charge in [-0.05, 0) is 23.9 Å². The molecular formula is C17H31FO2. The minimum Gasteiger partial charge on any atom is -0.371 e. The van der Waals surface area contributed by atoms with Crippen LogP contribution in [0.15, 0.2) is 30.3 Å². The van der Waals surface area contributed by atoms with Gasteiger partial charge in [0.25, 0.3) is 0 Å². The Bertz CT molecular complexity index is 286. The van der Waals surface area contributed by atoms with Gasteiger partial charge in [0, 0.05) is 6.42 Å². The second-order valence-electron chi connectivity index (χ2n) is 4.80. The SMILES string of the molecule is CC.CC(C)(CCOF)OCc1ccccc1.CCC.